The summed E-state index contributed by atoms with van der Waals surface area (Å²) in [6.45, 7) is 1.84. The molecule has 2 rings (SSSR count). The average molecular weight is 269 g/mol. The van der Waals surface area contributed by atoms with Gasteiger partial charge in [-0.15, -0.1) is 0 Å². The lowest BCUT2D eigenvalue weighted by molar-refractivity contribution is 0.278. The SMILES string of the molecule is NCC1CCN(S(=O)(=O)Cc2ccncc2)CC1. The summed E-state index contributed by atoms with van der Waals surface area (Å²) >= 11 is 0. The summed E-state index contributed by atoms with van der Waals surface area (Å²) in [5.41, 5.74) is 6.39. The van der Waals surface area contributed by atoms with Gasteiger partial charge in [0.1, 0.15) is 0 Å². The molecule has 1 aliphatic rings. The van der Waals surface area contributed by atoms with Gasteiger partial charge in [-0.2, -0.15) is 0 Å². The molecule has 100 valence electrons. The molecule has 0 aromatic carbocycles. The van der Waals surface area contributed by atoms with Gasteiger partial charge in [0.05, 0.1) is 5.75 Å². The molecular formula is C12H19N3O2S. The minimum atomic E-state index is -3.20. The molecule has 0 atom stereocenters. The molecule has 2 heterocycles. The van der Waals surface area contributed by atoms with Crippen molar-refractivity contribution in [3.8, 4) is 0 Å². The maximum atomic E-state index is 12.2. The van der Waals surface area contributed by atoms with E-state index in [9.17, 15) is 8.42 Å². The number of pyridine rings is 1. The molecule has 18 heavy (non-hydrogen) atoms. The van der Waals surface area contributed by atoms with Crippen molar-refractivity contribution in [1.29, 1.82) is 0 Å². The summed E-state index contributed by atoms with van der Waals surface area (Å²) in [5, 5.41) is 0. The summed E-state index contributed by atoms with van der Waals surface area (Å²) in [7, 11) is -3.20. The Balaban J connectivity index is 2.00. The van der Waals surface area contributed by atoms with Crippen molar-refractivity contribution in [1.82, 2.24) is 9.29 Å². The standard InChI is InChI=1S/C12H19N3O2S/c13-9-11-3-7-15(8-4-11)18(16,17)10-12-1-5-14-6-2-12/h1-2,5-6,11H,3-4,7-10,13H2. The fourth-order valence-corrected chi connectivity index (χ4v) is 3.77. The molecule has 0 saturated carbocycles. The number of hydrogen-bond donors (Lipinski definition) is 1. The summed E-state index contributed by atoms with van der Waals surface area (Å²) in [6, 6.07) is 3.48. The Hall–Kier alpha value is -0.980. The zero-order valence-electron chi connectivity index (χ0n) is 10.3. The van der Waals surface area contributed by atoms with Crippen LogP contribution in [0.15, 0.2) is 24.5 Å². The van der Waals surface area contributed by atoms with Crippen molar-refractivity contribution in [2.75, 3.05) is 19.6 Å². The molecular weight excluding hydrogens is 250 g/mol. The first-order valence-electron chi connectivity index (χ1n) is 6.18. The monoisotopic (exact) mass is 269 g/mol. The number of hydrogen-bond acceptors (Lipinski definition) is 4. The minimum Gasteiger partial charge on any atom is -0.330 e. The molecule has 0 aliphatic carbocycles. The third-order valence-electron chi connectivity index (χ3n) is 3.40. The van der Waals surface area contributed by atoms with E-state index in [-0.39, 0.29) is 5.75 Å². The molecule has 1 aromatic heterocycles. The lowest BCUT2D eigenvalue weighted by atomic mass is 9.99. The Morgan fingerprint density at radius 3 is 2.44 bits per heavy atom. The first-order valence-corrected chi connectivity index (χ1v) is 7.79. The van der Waals surface area contributed by atoms with Gasteiger partial charge < -0.3 is 5.73 Å². The van der Waals surface area contributed by atoms with Crippen molar-refractivity contribution in [2.45, 2.75) is 18.6 Å². The normalized spacial score (nSPS) is 18.9. The number of aromatic nitrogens is 1. The van der Waals surface area contributed by atoms with Gasteiger partial charge in [-0.3, -0.25) is 4.98 Å². The van der Waals surface area contributed by atoms with Crippen LogP contribution in [0.25, 0.3) is 0 Å². The second-order valence-corrected chi connectivity index (χ2v) is 6.66. The van der Waals surface area contributed by atoms with Crippen LogP contribution in [0.2, 0.25) is 0 Å². The van der Waals surface area contributed by atoms with Gasteiger partial charge >= 0.3 is 0 Å². The highest BCUT2D eigenvalue weighted by Gasteiger charge is 2.27. The number of piperidine rings is 1. The molecule has 1 saturated heterocycles. The van der Waals surface area contributed by atoms with Crippen LogP contribution in [-0.4, -0.2) is 37.3 Å². The predicted molar refractivity (Wildman–Crippen MR) is 70.2 cm³/mol. The van der Waals surface area contributed by atoms with Crippen LogP contribution in [0.4, 0.5) is 0 Å². The van der Waals surface area contributed by atoms with Crippen molar-refractivity contribution in [3.63, 3.8) is 0 Å². The number of nitrogens with zero attached hydrogens (tertiary/aromatic N) is 2. The summed E-state index contributed by atoms with van der Waals surface area (Å²) < 4.78 is 26.0. The molecule has 0 unspecified atom stereocenters. The molecule has 6 heteroatoms. The van der Waals surface area contributed by atoms with Gasteiger partial charge in [0.15, 0.2) is 0 Å². The second kappa shape index (κ2) is 5.77. The van der Waals surface area contributed by atoms with E-state index in [0.717, 1.165) is 18.4 Å². The topological polar surface area (TPSA) is 76.3 Å². The minimum absolute atomic E-state index is 0.0583. The van der Waals surface area contributed by atoms with Gasteiger partial charge in [0.2, 0.25) is 10.0 Å². The van der Waals surface area contributed by atoms with E-state index in [1.165, 1.54) is 0 Å². The van der Waals surface area contributed by atoms with Gasteiger partial charge in [0.25, 0.3) is 0 Å². The van der Waals surface area contributed by atoms with E-state index in [4.69, 9.17) is 5.73 Å². The van der Waals surface area contributed by atoms with E-state index in [1.807, 2.05) is 0 Å². The maximum absolute atomic E-state index is 12.2. The Morgan fingerprint density at radius 1 is 1.28 bits per heavy atom. The molecule has 2 N–H and O–H groups in total. The molecule has 1 fully saturated rings. The van der Waals surface area contributed by atoms with Crippen molar-refractivity contribution >= 4 is 10.0 Å². The van der Waals surface area contributed by atoms with Gasteiger partial charge in [-0.05, 0) is 43.0 Å². The summed E-state index contributed by atoms with van der Waals surface area (Å²) in [6.07, 6.45) is 4.97. The van der Waals surface area contributed by atoms with E-state index in [1.54, 1.807) is 28.8 Å². The fraction of sp³-hybridized carbons (Fsp3) is 0.583. The van der Waals surface area contributed by atoms with Crippen LogP contribution >= 0.6 is 0 Å². The number of sulfonamides is 1. The Labute approximate surface area is 108 Å². The lowest BCUT2D eigenvalue weighted by Gasteiger charge is -2.30. The van der Waals surface area contributed by atoms with Crippen LogP contribution in [0.1, 0.15) is 18.4 Å². The van der Waals surface area contributed by atoms with Crippen molar-refractivity contribution < 1.29 is 8.42 Å². The highest BCUT2D eigenvalue weighted by atomic mass is 32.2. The summed E-state index contributed by atoms with van der Waals surface area (Å²) in [4.78, 5) is 3.89. The van der Waals surface area contributed by atoms with Crippen LogP contribution in [0.3, 0.4) is 0 Å². The van der Waals surface area contributed by atoms with Crippen LogP contribution in [0.5, 0.6) is 0 Å². The number of rotatable bonds is 4. The van der Waals surface area contributed by atoms with Crippen molar-refractivity contribution in [3.05, 3.63) is 30.1 Å². The highest BCUT2D eigenvalue weighted by Crippen LogP contribution is 2.20. The average Bonchev–Trinajstić information content (AvgIpc) is 2.39. The van der Waals surface area contributed by atoms with Crippen molar-refractivity contribution in [2.24, 2.45) is 11.7 Å². The third kappa shape index (κ3) is 3.28. The largest absolute Gasteiger partial charge is 0.330 e. The van der Waals surface area contributed by atoms with E-state index in [2.05, 4.69) is 4.98 Å². The smallest absolute Gasteiger partial charge is 0.218 e. The first kappa shape index (κ1) is 13.5. The highest BCUT2D eigenvalue weighted by molar-refractivity contribution is 7.88. The molecule has 0 bridgehead atoms. The number of nitrogens with two attached hydrogens (primary N) is 1. The zero-order valence-corrected chi connectivity index (χ0v) is 11.1. The van der Waals surface area contributed by atoms with Crippen LogP contribution in [0, 0.1) is 5.92 Å². The van der Waals surface area contributed by atoms with E-state index < -0.39 is 10.0 Å². The molecule has 0 amide bonds. The lowest BCUT2D eigenvalue weighted by Crippen LogP contribution is -2.40. The zero-order chi connectivity index (χ0) is 13.0. The molecule has 0 radical (unpaired) electrons. The molecule has 5 nitrogen and oxygen atoms in total. The summed E-state index contributed by atoms with van der Waals surface area (Å²) in [5.74, 6) is 0.528. The van der Waals surface area contributed by atoms with Gasteiger partial charge in [-0.25, -0.2) is 12.7 Å². The Morgan fingerprint density at radius 2 is 1.89 bits per heavy atom. The second-order valence-electron chi connectivity index (χ2n) is 4.69. The quantitative estimate of drug-likeness (QED) is 0.867. The van der Waals surface area contributed by atoms with Gasteiger partial charge in [-0.1, -0.05) is 0 Å². The molecule has 1 aromatic rings. The fourth-order valence-electron chi connectivity index (χ4n) is 2.20. The van der Waals surface area contributed by atoms with Gasteiger partial charge in [0, 0.05) is 25.5 Å². The molecule has 1 aliphatic heterocycles. The van der Waals surface area contributed by atoms with E-state index in [0.29, 0.717) is 25.6 Å². The third-order valence-corrected chi connectivity index (χ3v) is 5.25. The molecule has 0 spiro atoms. The van der Waals surface area contributed by atoms with Crippen LogP contribution < -0.4 is 5.73 Å². The Kier molecular flexibility index (Phi) is 4.31. The van der Waals surface area contributed by atoms with Crippen LogP contribution in [-0.2, 0) is 15.8 Å². The Bertz CT molecular complexity index is 467. The van der Waals surface area contributed by atoms with E-state index >= 15 is 0 Å². The predicted octanol–water partition coefficient (Wildman–Crippen LogP) is 0.582. The maximum Gasteiger partial charge on any atom is 0.218 e. The first-order chi connectivity index (χ1) is 8.62.